The summed E-state index contributed by atoms with van der Waals surface area (Å²) in [5.41, 5.74) is 2.12. The van der Waals surface area contributed by atoms with Gasteiger partial charge in [-0.2, -0.15) is 0 Å². The Kier molecular flexibility index (Phi) is 13.0. The van der Waals surface area contributed by atoms with Crippen LogP contribution in [-0.2, 0) is 4.74 Å². The van der Waals surface area contributed by atoms with E-state index in [0.29, 0.717) is 0 Å². The maximum absolute atomic E-state index is 4.77. The fraction of sp³-hybridized carbons (Fsp3) is 0.750. The molecule has 0 unspecified atom stereocenters. The minimum atomic E-state index is 0.204. The first kappa shape index (κ1) is 10.6. The molecule has 8 heavy (non-hydrogen) atoms. The molecule has 0 heterocycles. The molecule has 0 atom stereocenters. The molecule has 0 radical (unpaired) electrons. The Morgan fingerprint density at radius 3 is 2.00 bits per heavy atom. The molecule has 0 aromatic heterocycles. The van der Waals surface area contributed by atoms with E-state index in [1.54, 1.807) is 0 Å². The number of hydrazine groups is 1. The normalized spacial score (nSPS) is 6.00. The molecule has 3 nitrogen and oxygen atoms in total. The number of hydrogen-bond acceptors (Lipinski definition) is 3. The standard InChI is InChI=1S/C2H6N2OS.C2H6/c1-5-2(6)4-3;1-2/h3H2,1H3,(H,4,6);1-2H3. The van der Waals surface area contributed by atoms with E-state index >= 15 is 0 Å². The molecule has 0 amide bonds. The fourth-order valence-electron chi connectivity index (χ4n) is 0.0589. The summed E-state index contributed by atoms with van der Waals surface area (Å²) in [4.78, 5) is 0. The van der Waals surface area contributed by atoms with Crippen molar-refractivity contribution in [3.05, 3.63) is 0 Å². The van der Waals surface area contributed by atoms with Crippen molar-refractivity contribution in [1.82, 2.24) is 5.43 Å². The maximum atomic E-state index is 4.77. The van der Waals surface area contributed by atoms with Crippen LogP contribution >= 0.6 is 12.2 Å². The lowest BCUT2D eigenvalue weighted by Gasteiger charge is -1.94. The van der Waals surface area contributed by atoms with E-state index in [1.165, 1.54) is 7.11 Å². The van der Waals surface area contributed by atoms with Crippen LogP contribution in [0.15, 0.2) is 0 Å². The third-order valence-corrected chi connectivity index (χ3v) is 0.588. The van der Waals surface area contributed by atoms with Crippen molar-refractivity contribution >= 4 is 17.4 Å². The van der Waals surface area contributed by atoms with Crippen LogP contribution in [0.4, 0.5) is 0 Å². The Morgan fingerprint density at radius 1 is 1.62 bits per heavy atom. The maximum Gasteiger partial charge on any atom is 0.270 e. The second-order valence-electron chi connectivity index (χ2n) is 0.636. The highest BCUT2D eigenvalue weighted by molar-refractivity contribution is 7.80. The van der Waals surface area contributed by atoms with E-state index < -0.39 is 0 Å². The quantitative estimate of drug-likeness (QED) is 0.287. The summed E-state index contributed by atoms with van der Waals surface area (Å²) in [7, 11) is 1.45. The lowest BCUT2D eigenvalue weighted by Crippen LogP contribution is -2.29. The van der Waals surface area contributed by atoms with Gasteiger partial charge in [0.2, 0.25) is 0 Å². The highest BCUT2D eigenvalue weighted by Crippen LogP contribution is 1.62. The third kappa shape index (κ3) is 9.17. The van der Waals surface area contributed by atoms with Gasteiger partial charge in [0.1, 0.15) is 0 Å². The second kappa shape index (κ2) is 9.82. The van der Waals surface area contributed by atoms with Gasteiger partial charge in [0.15, 0.2) is 0 Å². The van der Waals surface area contributed by atoms with Crippen molar-refractivity contribution in [1.29, 1.82) is 0 Å². The van der Waals surface area contributed by atoms with E-state index in [9.17, 15) is 0 Å². The highest BCUT2D eigenvalue weighted by Gasteiger charge is 1.78. The molecule has 0 fully saturated rings. The smallest absolute Gasteiger partial charge is 0.270 e. The summed E-state index contributed by atoms with van der Waals surface area (Å²) in [6.45, 7) is 4.00. The molecule has 4 heteroatoms. The van der Waals surface area contributed by atoms with Gasteiger partial charge in [-0.25, -0.2) is 5.84 Å². The molecule has 0 aromatic rings. The van der Waals surface area contributed by atoms with Crippen LogP contribution in [0.1, 0.15) is 13.8 Å². The Bertz CT molecular complexity index is 52.0. The van der Waals surface area contributed by atoms with Gasteiger partial charge in [-0.15, -0.1) is 0 Å². The number of nitrogens with two attached hydrogens (primary N) is 1. The van der Waals surface area contributed by atoms with Gasteiger partial charge < -0.3 is 4.74 Å². The number of thiocarbonyl (C=S) groups is 1. The molecule has 0 aliphatic heterocycles. The van der Waals surface area contributed by atoms with Gasteiger partial charge in [0.05, 0.1) is 7.11 Å². The van der Waals surface area contributed by atoms with Crippen LogP contribution < -0.4 is 11.3 Å². The lowest BCUT2D eigenvalue weighted by molar-refractivity contribution is 0.394. The van der Waals surface area contributed by atoms with Crippen molar-refractivity contribution in [2.45, 2.75) is 13.8 Å². The van der Waals surface area contributed by atoms with Crippen molar-refractivity contribution < 1.29 is 4.74 Å². The number of rotatable bonds is 0. The predicted octanol–water partition coefficient (Wildman–Crippen LogP) is 0.407. The van der Waals surface area contributed by atoms with E-state index in [0.717, 1.165) is 0 Å². The summed E-state index contributed by atoms with van der Waals surface area (Å²) in [5.74, 6) is 4.77. The van der Waals surface area contributed by atoms with Crippen LogP contribution in [0.5, 0.6) is 0 Å². The van der Waals surface area contributed by atoms with Gasteiger partial charge >= 0.3 is 0 Å². The zero-order valence-electron chi connectivity index (χ0n) is 5.39. The summed E-state index contributed by atoms with van der Waals surface area (Å²) in [5, 5.41) is 0.204. The number of hydrogen-bond donors (Lipinski definition) is 2. The summed E-state index contributed by atoms with van der Waals surface area (Å²) in [6.07, 6.45) is 0. The molecule has 0 aliphatic rings. The highest BCUT2D eigenvalue weighted by atomic mass is 32.1. The van der Waals surface area contributed by atoms with Crippen LogP contribution in [-0.4, -0.2) is 12.3 Å². The Labute approximate surface area is 55.2 Å². The molecule has 0 saturated carbocycles. The number of methoxy groups -OCH3 is 1. The third-order valence-electron chi connectivity index (χ3n) is 0.303. The lowest BCUT2D eigenvalue weighted by atomic mass is 11.0. The predicted molar refractivity (Wildman–Crippen MR) is 38.3 cm³/mol. The first-order valence-corrected chi connectivity index (χ1v) is 2.76. The van der Waals surface area contributed by atoms with E-state index in [2.05, 4.69) is 22.4 Å². The average molecular weight is 136 g/mol. The van der Waals surface area contributed by atoms with Crippen molar-refractivity contribution in [3.63, 3.8) is 0 Å². The second-order valence-corrected chi connectivity index (χ2v) is 1.01. The molecular formula is C4H12N2OS. The van der Waals surface area contributed by atoms with Gasteiger partial charge in [-0.3, -0.25) is 5.43 Å². The molecule has 0 bridgehead atoms. The fourth-order valence-corrected chi connectivity index (χ4v) is 0.0589. The summed E-state index contributed by atoms with van der Waals surface area (Å²) >= 11 is 4.40. The van der Waals surface area contributed by atoms with Crippen molar-refractivity contribution in [2.75, 3.05) is 7.11 Å². The van der Waals surface area contributed by atoms with E-state index in [1.807, 2.05) is 13.8 Å². The Balaban J connectivity index is 0. The van der Waals surface area contributed by atoms with Crippen LogP contribution in [0.3, 0.4) is 0 Å². The van der Waals surface area contributed by atoms with Gasteiger partial charge in [-0.1, -0.05) is 13.8 Å². The Hall–Kier alpha value is -0.350. The first-order chi connectivity index (χ1) is 3.81. The molecule has 0 saturated heterocycles. The molecule has 0 aliphatic carbocycles. The molecule has 0 spiro atoms. The van der Waals surface area contributed by atoms with Gasteiger partial charge in [0, 0.05) is 0 Å². The summed E-state index contributed by atoms with van der Waals surface area (Å²) in [6, 6.07) is 0. The molecule has 0 rings (SSSR count). The molecular weight excluding hydrogens is 124 g/mol. The number of ether oxygens (including phenoxy) is 1. The average Bonchev–Trinajstić information content (AvgIpc) is 1.91. The van der Waals surface area contributed by atoms with E-state index in [-0.39, 0.29) is 5.17 Å². The Morgan fingerprint density at radius 2 is 2.00 bits per heavy atom. The molecule has 50 valence electrons. The minimum Gasteiger partial charge on any atom is -0.473 e. The van der Waals surface area contributed by atoms with Crippen LogP contribution in [0.25, 0.3) is 0 Å². The van der Waals surface area contributed by atoms with Crippen LogP contribution in [0, 0.1) is 0 Å². The SMILES string of the molecule is CC.COC(=S)NN. The van der Waals surface area contributed by atoms with Crippen LogP contribution in [0.2, 0.25) is 0 Å². The van der Waals surface area contributed by atoms with Gasteiger partial charge in [-0.05, 0) is 12.2 Å². The topological polar surface area (TPSA) is 47.3 Å². The largest absolute Gasteiger partial charge is 0.473 e. The minimum absolute atomic E-state index is 0.204. The van der Waals surface area contributed by atoms with Crippen molar-refractivity contribution in [3.8, 4) is 0 Å². The first-order valence-electron chi connectivity index (χ1n) is 2.36. The summed E-state index contributed by atoms with van der Waals surface area (Å²) < 4.78 is 4.39. The van der Waals surface area contributed by atoms with Gasteiger partial charge in [0.25, 0.3) is 5.17 Å². The van der Waals surface area contributed by atoms with E-state index in [4.69, 9.17) is 5.84 Å². The monoisotopic (exact) mass is 136 g/mol. The molecule has 0 aromatic carbocycles. The number of nitrogens with one attached hydrogen (secondary N) is 1. The molecule has 3 N–H and O–H groups in total. The zero-order valence-corrected chi connectivity index (χ0v) is 6.21. The zero-order chi connectivity index (χ0) is 6.99. The van der Waals surface area contributed by atoms with Crippen molar-refractivity contribution in [2.24, 2.45) is 5.84 Å².